The van der Waals surface area contributed by atoms with E-state index in [1.54, 1.807) is 4.57 Å². The third kappa shape index (κ3) is 2.71. The maximum Gasteiger partial charge on any atom is 0.269 e. The second-order valence-corrected chi connectivity index (χ2v) is 4.09. The van der Waals surface area contributed by atoms with Crippen LogP contribution in [0.25, 0.3) is 11.0 Å². The molecule has 2 aromatic rings. The van der Waals surface area contributed by atoms with Gasteiger partial charge >= 0.3 is 0 Å². The van der Waals surface area contributed by atoms with Crippen LogP contribution in [0.4, 0.5) is 0 Å². The van der Waals surface area contributed by atoms with Crippen LogP contribution in [0.5, 0.6) is 0 Å². The number of aromatic nitrogens is 2. The SMILES string of the molecule is NCCCCCn1c(=O)cnc2ccccc21. The van der Waals surface area contributed by atoms with Crippen LogP contribution in [0, 0.1) is 0 Å². The highest BCUT2D eigenvalue weighted by Crippen LogP contribution is 2.09. The van der Waals surface area contributed by atoms with E-state index in [-0.39, 0.29) is 5.56 Å². The molecule has 0 unspecified atom stereocenters. The van der Waals surface area contributed by atoms with Crippen LogP contribution in [0.3, 0.4) is 0 Å². The lowest BCUT2D eigenvalue weighted by atomic mass is 10.2. The number of benzene rings is 1. The molecule has 0 saturated carbocycles. The first kappa shape index (κ1) is 11.8. The van der Waals surface area contributed by atoms with Gasteiger partial charge < -0.3 is 10.3 Å². The fourth-order valence-electron chi connectivity index (χ4n) is 1.94. The minimum atomic E-state index is -0.0311. The molecule has 0 atom stereocenters. The van der Waals surface area contributed by atoms with E-state index in [2.05, 4.69) is 4.98 Å². The van der Waals surface area contributed by atoms with Gasteiger partial charge in [0.05, 0.1) is 17.2 Å². The molecule has 17 heavy (non-hydrogen) atoms. The highest BCUT2D eigenvalue weighted by Gasteiger charge is 2.02. The first-order valence-electron chi connectivity index (χ1n) is 5.97. The summed E-state index contributed by atoms with van der Waals surface area (Å²) in [5.74, 6) is 0. The van der Waals surface area contributed by atoms with Gasteiger partial charge in [-0.25, -0.2) is 4.98 Å². The second-order valence-electron chi connectivity index (χ2n) is 4.09. The summed E-state index contributed by atoms with van der Waals surface area (Å²) in [6, 6.07) is 7.72. The molecule has 0 fully saturated rings. The number of nitrogens with two attached hydrogens (primary N) is 1. The van der Waals surface area contributed by atoms with Crippen molar-refractivity contribution in [2.24, 2.45) is 5.73 Å². The fraction of sp³-hybridized carbons (Fsp3) is 0.385. The highest BCUT2D eigenvalue weighted by molar-refractivity contribution is 5.74. The first-order chi connectivity index (χ1) is 8.33. The summed E-state index contributed by atoms with van der Waals surface area (Å²) < 4.78 is 1.79. The Hall–Kier alpha value is -1.68. The van der Waals surface area contributed by atoms with Gasteiger partial charge in [0.2, 0.25) is 0 Å². The Morgan fingerprint density at radius 2 is 2.00 bits per heavy atom. The van der Waals surface area contributed by atoms with E-state index in [1.165, 1.54) is 6.20 Å². The van der Waals surface area contributed by atoms with Crippen LogP contribution < -0.4 is 11.3 Å². The molecule has 90 valence electrons. The van der Waals surface area contributed by atoms with Crippen molar-refractivity contribution in [3.05, 3.63) is 40.8 Å². The highest BCUT2D eigenvalue weighted by atomic mass is 16.1. The monoisotopic (exact) mass is 231 g/mol. The molecule has 0 radical (unpaired) electrons. The minimum absolute atomic E-state index is 0.0311. The zero-order valence-electron chi connectivity index (χ0n) is 9.80. The lowest BCUT2D eigenvalue weighted by molar-refractivity contribution is 0.590. The molecule has 4 nitrogen and oxygen atoms in total. The Bertz CT molecular complexity index is 548. The van der Waals surface area contributed by atoms with Crippen molar-refractivity contribution in [1.82, 2.24) is 9.55 Å². The van der Waals surface area contributed by atoms with Crippen LogP contribution in [0.2, 0.25) is 0 Å². The zero-order valence-corrected chi connectivity index (χ0v) is 9.80. The van der Waals surface area contributed by atoms with E-state index in [0.29, 0.717) is 6.54 Å². The Labute approximate surface area is 100 Å². The number of unbranched alkanes of at least 4 members (excludes halogenated alkanes) is 2. The van der Waals surface area contributed by atoms with Crippen molar-refractivity contribution in [2.75, 3.05) is 6.54 Å². The van der Waals surface area contributed by atoms with Crippen LogP contribution in [-0.2, 0) is 6.54 Å². The van der Waals surface area contributed by atoms with E-state index in [0.717, 1.165) is 36.8 Å². The first-order valence-corrected chi connectivity index (χ1v) is 5.97. The summed E-state index contributed by atoms with van der Waals surface area (Å²) in [6.07, 6.45) is 4.44. The molecule has 0 aliphatic carbocycles. The smallest absolute Gasteiger partial charge is 0.269 e. The van der Waals surface area contributed by atoms with E-state index >= 15 is 0 Å². The zero-order chi connectivity index (χ0) is 12.1. The van der Waals surface area contributed by atoms with Crippen LogP contribution in [0.15, 0.2) is 35.3 Å². The van der Waals surface area contributed by atoms with Crippen molar-refractivity contribution in [3.8, 4) is 0 Å². The third-order valence-corrected chi connectivity index (χ3v) is 2.84. The number of fused-ring (bicyclic) bond motifs is 1. The van der Waals surface area contributed by atoms with Crippen molar-refractivity contribution < 1.29 is 0 Å². The number of aryl methyl sites for hydroxylation is 1. The number of rotatable bonds is 5. The summed E-state index contributed by atoms with van der Waals surface area (Å²) in [4.78, 5) is 15.9. The van der Waals surface area contributed by atoms with Crippen molar-refractivity contribution in [3.63, 3.8) is 0 Å². The average Bonchev–Trinajstić information content (AvgIpc) is 2.37. The third-order valence-electron chi connectivity index (χ3n) is 2.84. The van der Waals surface area contributed by atoms with Gasteiger partial charge in [-0.2, -0.15) is 0 Å². The molecule has 1 heterocycles. The molecule has 1 aromatic carbocycles. The van der Waals surface area contributed by atoms with Crippen molar-refractivity contribution >= 4 is 11.0 Å². The maximum absolute atomic E-state index is 11.8. The quantitative estimate of drug-likeness (QED) is 0.794. The number of para-hydroxylation sites is 2. The molecule has 0 spiro atoms. The Morgan fingerprint density at radius 3 is 2.82 bits per heavy atom. The molecule has 1 aromatic heterocycles. The van der Waals surface area contributed by atoms with Gasteiger partial charge in [0, 0.05) is 6.54 Å². The van der Waals surface area contributed by atoms with Crippen LogP contribution in [0.1, 0.15) is 19.3 Å². The maximum atomic E-state index is 11.8. The minimum Gasteiger partial charge on any atom is -0.330 e. The molecular weight excluding hydrogens is 214 g/mol. The van der Waals surface area contributed by atoms with Gasteiger partial charge in [-0.3, -0.25) is 4.79 Å². The molecule has 4 heteroatoms. The summed E-state index contributed by atoms with van der Waals surface area (Å²) in [6.45, 7) is 1.45. The topological polar surface area (TPSA) is 60.9 Å². The van der Waals surface area contributed by atoms with Crippen molar-refractivity contribution in [2.45, 2.75) is 25.8 Å². The summed E-state index contributed by atoms with van der Waals surface area (Å²) in [5.41, 5.74) is 7.20. The van der Waals surface area contributed by atoms with Crippen LogP contribution >= 0.6 is 0 Å². The lowest BCUT2D eigenvalue weighted by Gasteiger charge is -2.08. The summed E-state index contributed by atoms with van der Waals surface area (Å²) in [7, 11) is 0. The predicted octanol–water partition coefficient (Wildman–Crippen LogP) is 1.53. The Morgan fingerprint density at radius 1 is 1.18 bits per heavy atom. The Kier molecular flexibility index (Phi) is 3.88. The van der Waals surface area contributed by atoms with Gasteiger partial charge in [-0.1, -0.05) is 18.6 Å². The number of hydrogen-bond donors (Lipinski definition) is 1. The van der Waals surface area contributed by atoms with Crippen LogP contribution in [-0.4, -0.2) is 16.1 Å². The average molecular weight is 231 g/mol. The molecule has 2 N–H and O–H groups in total. The normalized spacial score (nSPS) is 10.9. The number of nitrogens with zero attached hydrogens (tertiary/aromatic N) is 2. The fourth-order valence-corrected chi connectivity index (χ4v) is 1.94. The van der Waals surface area contributed by atoms with Crippen molar-refractivity contribution in [1.29, 1.82) is 0 Å². The van der Waals surface area contributed by atoms with E-state index in [1.807, 2.05) is 24.3 Å². The molecule has 2 rings (SSSR count). The molecule has 0 aliphatic heterocycles. The summed E-state index contributed by atoms with van der Waals surface area (Å²) >= 11 is 0. The van der Waals surface area contributed by atoms with E-state index in [9.17, 15) is 4.79 Å². The van der Waals surface area contributed by atoms with Gasteiger partial charge in [0.1, 0.15) is 0 Å². The Balaban J connectivity index is 2.25. The van der Waals surface area contributed by atoms with Gasteiger partial charge in [-0.05, 0) is 31.5 Å². The molecular formula is C13H17N3O. The largest absolute Gasteiger partial charge is 0.330 e. The van der Waals surface area contributed by atoms with Gasteiger partial charge in [0.15, 0.2) is 0 Å². The van der Waals surface area contributed by atoms with E-state index in [4.69, 9.17) is 5.73 Å². The predicted molar refractivity (Wildman–Crippen MR) is 68.9 cm³/mol. The lowest BCUT2D eigenvalue weighted by Crippen LogP contribution is -2.20. The molecule has 0 aliphatic rings. The molecule has 0 bridgehead atoms. The molecule has 0 amide bonds. The number of hydrogen-bond acceptors (Lipinski definition) is 3. The summed E-state index contributed by atoms with van der Waals surface area (Å²) in [5, 5.41) is 0. The standard InChI is InChI=1S/C13H17N3O/c14-8-4-1-5-9-16-12-7-3-2-6-11(12)15-10-13(16)17/h2-3,6-7,10H,1,4-5,8-9,14H2. The van der Waals surface area contributed by atoms with Gasteiger partial charge in [-0.15, -0.1) is 0 Å². The van der Waals surface area contributed by atoms with E-state index < -0.39 is 0 Å². The second kappa shape index (κ2) is 5.59. The van der Waals surface area contributed by atoms with Gasteiger partial charge in [0.25, 0.3) is 5.56 Å². The molecule has 0 saturated heterocycles.